The largest absolute Gasteiger partial charge is 0.371 e. The normalized spacial score (nSPS) is 34.7. The number of hydrogen-bond donors (Lipinski definition) is 1. The lowest BCUT2D eigenvalue weighted by Gasteiger charge is -2.27. The Balaban J connectivity index is 1.98. The molecule has 0 aliphatic carbocycles. The molecule has 5 nitrogen and oxygen atoms in total. The van der Waals surface area contributed by atoms with Crippen molar-refractivity contribution in [2.24, 2.45) is 5.92 Å². The van der Waals surface area contributed by atoms with Crippen LogP contribution in [0.25, 0.3) is 0 Å². The van der Waals surface area contributed by atoms with Crippen LogP contribution in [0.1, 0.15) is 71.6 Å². The van der Waals surface area contributed by atoms with Gasteiger partial charge in [0.05, 0.1) is 12.6 Å². The lowest BCUT2D eigenvalue weighted by Crippen LogP contribution is -2.50. The van der Waals surface area contributed by atoms with Crippen LogP contribution in [0.5, 0.6) is 0 Å². The molecule has 0 aromatic rings. The molecule has 0 radical (unpaired) electrons. The SMILES string of the molecule is C[C@@H]1CCCCCCCCC(=O)N(C)[C@@H](C)C(=O)N[C@H]([C@@H]2CO2)C1. The van der Waals surface area contributed by atoms with Crippen LogP contribution in [0, 0.1) is 5.92 Å². The van der Waals surface area contributed by atoms with Crippen molar-refractivity contribution in [1.82, 2.24) is 10.2 Å². The monoisotopic (exact) mass is 338 g/mol. The highest BCUT2D eigenvalue weighted by molar-refractivity contribution is 5.87. The first-order chi connectivity index (χ1) is 11.5. The minimum Gasteiger partial charge on any atom is -0.371 e. The molecule has 0 bridgehead atoms. The number of carbonyl (C=O) groups excluding carboxylic acids is 2. The van der Waals surface area contributed by atoms with Crippen LogP contribution in [0.3, 0.4) is 0 Å². The fourth-order valence-corrected chi connectivity index (χ4v) is 3.49. The number of amides is 2. The topological polar surface area (TPSA) is 61.9 Å². The minimum absolute atomic E-state index is 0.0642. The third kappa shape index (κ3) is 6.08. The van der Waals surface area contributed by atoms with Gasteiger partial charge in [-0.1, -0.05) is 45.4 Å². The highest BCUT2D eigenvalue weighted by atomic mass is 16.6. The summed E-state index contributed by atoms with van der Waals surface area (Å²) in [5.41, 5.74) is 0. The van der Waals surface area contributed by atoms with Crippen molar-refractivity contribution in [3.63, 3.8) is 0 Å². The molecule has 5 heteroatoms. The highest BCUT2D eigenvalue weighted by Gasteiger charge is 2.36. The van der Waals surface area contributed by atoms with Crippen molar-refractivity contribution in [2.45, 2.75) is 89.8 Å². The fraction of sp³-hybridized carbons (Fsp3) is 0.895. The molecule has 1 N–H and O–H groups in total. The lowest BCUT2D eigenvalue weighted by atomic mass is 9.93. The molecular formula is C19H34N2O3. The van der Waals surface area contributed by atoms with E-state index in [4.69, 9.17) is 4.74 Å². The van der Waals surface area contributed by atoms with Gasteiger partial charge >= 0.3 is 0 Å². The average molecular weight is 338 g/mol. The molecule has 0 aromatic carbocycles. The minimum atomic E-state index is -0.429. The zero-order valence-corrected chi connectivity index (χ0v) is 15.6. The molecular weight excluding hydrogens is 304 g/mol. The molecule has 2 amide bonds. The van der Waals surface area contributed by atoms with Crippen LogP contribution in [0.2, 0.25) is 0 Å². The second-order valence-electron chi connectivity index (χ2n) is 7.67. The Morgan fingerprint density at radius 3 is 2.33 bits per heavy atom. The van der Waals surface area contributed by atoms with Crippen LogP contribution >= 0.6 is 0 Å². The van der Waals surface area contributed by atoms with Crippen LogP contribution in [0.4, 0.5) is 0 Å². The Kier molecular flexibility index (Phi) is 7.53. The van der Waals surface area contributed by atoms with E-state index in [1.165, 1.54) is 32.1 Å². The molecule has 2 saturated heterocycles. The number of nitrogens with one attached hydrogen (secondary N) is 1. The smallest absolute Gasteiger partial charge is 0.242 e. The first kappa shape index (κ1) is 19.2. The third-order valence-electron chi connectivity index (χ3n) is 5.48. The fourth-order valence-electron chi connectivity index (χ4n) is 3.49. The van der Waals surface area contributed by atoms with Gasteiger partial charge in [-0.25, -0.2) is 0 Å². The summed E-state index contributed by atoms with van der Waals surface area (Å²) in [4.78, 5) is 26.4. The lowest BCUT2D eigenvalue weighted by molar-refractivity contribution is -0.138. The maximum absolute atomic E-state index is 12.6. The summed E-state index contributed by atoms with van der Waals surface area (Å²) in [6.07, 6.45) is 9.90. The van der Waals surface area contributed by atoms with Crippen LogP contribution < -0.4 is 5.32 Å². The van der Waals surface area contributed by atoms with Crippen LogP contribution in [-0.4, -0.2) is 48.6 Å². The van der Waals surface area contributed by atoms with Gasteiger partial charge in [-0.05, 0) is 25.7 Å². The molecule has 0 aromatic heterocycles. The Hall–Kier alpha value is -1.10. The zero-order valence-electron chi connectivity index (χ0n) is 15.6. The Morgan fingerprint density at radius 2 is 1.67 bits per heavy atom. The maximum Gasteiger partial charge on any atom is 0.242 e. The molecule has 2 aliphatic heterocycles. The molecule has 2 rings (SSSR count). The van der Waals surface area contributed by atoms with Crippen molar-refractivity contribution < 1.29 is 14.3 Å². The highest BCUT2D eigenvalue weighted by Crippen LogP contribution is 2.24. The second-order valence-corrected chi connectivity index (χ2v) is 7.67. The van der Waals surface area contributed by atoms with Gasteiger partial charge in [0.15, 0.2) is 0 Å². The zero-order chi connectivity index (χ0) is 17.5. The summed E-state index contributed by atoms with van der Waals surface area (Å²) in [5.74, 6) is 0.588. The summed E-state index contributed by atoms with van der Waals surface area (Å²) in [5, 5.41) is 3.13. The second kappa shape index (κ2) is 9.40. The Bertz CT molecular complexity index is 423. The first-order valence-corrected chi connectivity index (χ1v) is 9.66. The number of rotatable bonds is 1. The van der Waals surface area contributed by atoms with Crippen molar-refractivity contribution in [3.8, 4) is 0 Å². The summed E-state index contributed by atoms with van der Waals surface area (Å²) < 4.78 is 5.44. The van der Waals surface area contributed by atoms with Crippen molar-refractivity contribution in [3.05, 3.63) is 0 Å². The maximum atomic E-state index is 12.6. The number of ether oxygens (including phenoxy) is 1. The van der Waals surface area contributed by atoms with Gasteiger partial charge in [0.1, 0.15) is 12.1 Å². The van der Waals surface area contributed by atoms with Crippen LogP contribution in [0.15, 0.2) is 0 Å². The third-order valence-corrected chi connectivity index (χ3v) is 5.48. The number of hydrogen-bond acceptors (Lipinski definition) is 3. The van der Waals surface area contributed by atoms with E-state index in [9.17, 15) is 9.59 Å². The molecule has 2 aliphatic rings. The summed E-state index contributed by atoms with van der Waals surface area (Å²) in [6, 6.07) is -0.353. The van der Waals surface area contributed by atoms with E-state index >= 15 is 0 Å². The Labute approximate surface area is 146 Å². The average Bonchev–Trinajstić information content (AvgIpc) is 3.39. The van der Waals surface area contributed by atoms with Crippen LogP contribution in [-0.2, 0) is 14.3 Å². The van der Waals surface area contributed by atoms with E-state index in [2.05, 4.69) is 12.2 Å². The van der Waals surface area contributed by atoms with Gasteiger partial charge in [-0.15, -0.1) is 0 Å². The van der Waals surface area contributed by atoms with Gasteiger partial charge in [-0.3, -0.25) is 9.59 Å². The van der Waals surface area contributed by atoms with E-state index in [-0.39, 0.29) is 24.0 Å². The Morgan fingerprint density at radius 1 is 1.04 bits per heavy atom. The number of nitrogens with zero attached hydrogens (tertiary/aromatic N) is 1. The van der Waals surface area contributed by atoms with Gasteiger partial charge < -0.3 is 15.0 Å². The van der Waals surface area contributed by atoms with Gasteiger partial charge in [0.2, 0.25) is 11.8 Å². The molecule has 0 unspecified atom stereocenters. The predicted octanol–water partition coefficient (Wildman–Crippen LogP) is 2.88. The van der Waals surface area contributed by atoms with E-state index < -0.39 is 6.04 Å². The molecule has 0 spiro atoms. The van der Waals surface area contributed by atoms with Gasteiger partial charge in [0.25, 0.3) is 0 Å². The summed E-state index contributed by atoms with van der Waals surface area (Å²) >= 11 is 0. The van der Waals surface area contributed by atoms with Gasteiger partial charge in [-0.2, -0.15) is 0 Å². The van der Waals surface area contributed by atoms with E-state index in [0.717, 1.165) is 25.9 Å². The number of likely N-dealkylation sites (N-methyl/N-ethyl adjacent to an activating group) is 1. The van der Waals surface area contributed by atoms with Gasteiger partial charge in [0, 0.05) is 13.5 Å². The first-order valence-electron chi connectivity index (χ1n) is 9.66. The predicted molar refractivity (Wildman–Crippen MR) is 94.6 cm³/mol. The van der Waals surface area contributed by atoms with E-state index in [1.807, 2.05) is 6.92 Å². The summed E-state index contributed by atoms with van der Waals surface area (Å²) in [6.45, 7) is 4.81. The molecule has 0 saturated carbocycles. The summed E-state index contributed by atoms with van der Waals surface area (Å²) in [7, 11) is 1.74. The van der Waals surface area contributed by atoms with E-state index in [0.29, 0.717) is 12.3 Å². The van der Waals surface area contributed by atoms with Crippen molar-refractivity contribution in [1.29, 1.82) is 0 Å². The molecule has 138 valence electrons. The quantitative estimate of drug-likeness (QED) is 0.748. The number of epoxide rings is 1. The molecule has 4 atom stereocenters. The van der Waals surface area contributed by atoms with Crippen molar-refractivity contribution >= 4 is 11.8 Å². The van der Waals surface area contributed by atoms with Crippen molar-refractivity contribution in [2.75, 3.05) is 13.7 Å². The number of carbonyl (C=O) groups is 2. The molecule has 2 fully saturated rings. The van der Waals surface area contributed by atoms with E-state index in [1.54, 1.807) is 11.9 Å². The molecule has 24 heavy (non-hydrogen) atoms. The standard InChI is InChI=1S/C19H34N2O3/c1-14-10-8-6-4-5-7-9-11-18(22)21(3)15(2)19(23)20-16(12-14)17-13-24-17/h14-17H,4-13H2,1-3H3,(H,20,23)/t14-,15+,16+,17+/m1/s1. The molecule has 2 heterocycles.